The number of nitrogens with zero attached hydrogens (tertiary/aromatic N) is 1. The number of halogens is 1. The van der Waals surface area contributed by atoms with Crippen LogP contribution in [0.25, 0.3) is 0 Å². The van der Waals surface area contributed by atoms with Gasteiger partial charge >= 0.3 is 6.09 Å². The molecular formula is C10H11ClN2O3S. The van der Waals surface area contributed by atoms with Crippen LogP contribution in [0.3, 0.4) is 0 Å². The summed E-state index contributed by atoms with van der Waals surface area (Å²) in [7, 11) is 0. The maximum absolute atomic E-state index is 11.8. The molecule has 2 heterocycles. The number of carboxylic acid groups (broad SMARTS) is 1. The Bertz CT molecular complexity index is 449. The molecule has 1 fully saturated rings. The van der Waals surface area contributed by atoms with Crippen molar-refractivity contribution < 1.29 is 14.7 Å². The van der Waals surface area contributed by atoms with E-state index in [9.17, 15) is 9.59 Å². The van der Waals surface area contributed by atoms with Crippen LogP contribution in [0.1, 0.15) is 16.1 Å². The number of carbonyl (C=O) groups is 2. The molecule has 0 aliphatic carbocycles. The molecule has 0 unspecified atom stereocenters. The summed E-state index contributed by atoms with van der Waals surface area (Å²) in [6, 6.07) is 3.21. The van der Waals surface area contributed by atoms with Crippen molar-refractivity contribution in [2.24, 2.45) is 0 Å². The van der Waals surface area contributed by atoms with E-state index in [1.807, 2.05) is 0 Å². The summed E-state index contributed by atoms with van der Waals surface area (Å²) >= 11 is 6.95. The Hall–Kier alpha value is -1.27. The zero-order valence-corrected chi connectivity index (χ0v) is 10.4. The van der Waals surface area contributed by atoms with Crippen LogP contribution in [0.5, 0.6) is 0 Å². The minimum Gasteiger partial charge on any atom is -0.465 e. The van der Waals surface area contributed by atoms with Gasteiger partial charge in [-0.05, 0) is 18.6 Å². The molecule has 0 saturated carbocycles. The van der Waals surface area contributed by atoms with Gasteiger partial charge < -0.3 is 15.3 Å². The molecule has 0 spiro atoms. The van der Waals surface area contributed by atoms with Crippen molar-refractivity contribution in [2.75, 3.05) is 13.1 Å². The predicted octanol–water partition coefficient (Wildman–Crippen LogP) is 1.88. The maximum Gasteiger partial charge on any atom is 0.407 e. The molecule has 2 N–H and O–H groups in total. The second-order valence-electron chi connectivity index (χ2n) is 3.79. The number of nitrogens with one attached hydrogen (secondary N) is 1. The third-order valence-corrected chi connectivity index (χ3v) is 3.82. The van der Waals surface area contributed by atoms with Gasteiger partial charge in [0.1, 0.15) is 0 Å². The molecular weight excluding hydrogens is 264 g/mol. The molecule has 7 heteroatoms. The molecule has 1 saturated heterocycles. The van der Waals surface area contributed by atoms with E-state index >= 15 is 0 Å². The van der Waals surface area contributed by atoms with E-state index in [4.69, 9.17) is 16.7 Å². The van der Waals surface area contributed by atoms with Crippen LogP contribution < -0.4 is 5.32 Å². The highest BCUT2D eigenvalue weighted by atomic mass is 35.5. The summed E-state index contributed by atoms with van der Waals surface area (Å²) in [6.07, 6.45) is -0.294. The highest BCUT2D eigenvalue weighted by Gasteiger charge is 2.27. The molecule has 5 nitrogen and oxygen atoms in total. The van der Waals surface area contributed by atoms with E-state index in [-0.39, 0.29) is 11.9 Å². The predicted molar refractivity (Wildman–Crippen MR) is 64.8 cm³/mol. The van der Waals surface area contributed by atoms with Crippen LogP contribution >= 0.6 is 22.9 Å². The number of amides is 2. The third kappa shape index (κ3) is 2.89. The van der Waals surface area contributed by atoms with Crippen LogP contribution in [-0.2, 0) is 0 Å². The fourth-order valence-electron chi connectivity index (χ4n) is 1.74. The smallest absolute Gasteiger partial charge is 0.407 e. The van der Waals surface area contributed by atoms with Crippen molar-refractivity contribution in [2.45, 2.75) is 12.5 Å². The minimum atomic E-state index is -0.944. The molecule has 1 aliphatic heterocycles. The van der Waals surface area contributed by atoms with Gasteiger partial charge in [0.2, 0.25) is 0 Å². The normalized spacial score (nSPS) is 19.4. The Labute approximate surface area is 107 Å². The van der Waals surface area contributed by atoms with Gasteiger partial charge in [0.25, 0.3) is 5.91 Å². The molecule has 0 radical (unpaired) electrons. The molecule has 1 aromatic rings. The largest absolute Gasteiger partial charge is 0.465 e. The Morgan fingerprint density at radius 2 is 2.29 bits per heavy atom. The summed E-state index contributed by atoms with van der Waals surface area (Å²) in [4.78, 5) is 24.3. The van der Waals surface area contributed by atoms with Gasteiger partial charge in [0.15, 0.2) is 0 Å². The molecule has 92 valence electrons. The Kier molecular flexibility index (Phi) is 3.54. The lowest BCUT2D eigenvalue weighted by atomic mass is 10.2. The second kappa shape index (κ2) is 4.93. The average molecular weight is 275 g/mol. The van der Waals surface area contributed by atoms with Crippen LogP contribution in [0.2, 0.25) is 4.34 Å². The Balaban J connectivity index is 1.90. The zero-order chi connectivity index (χ0) is 12.4. The van der Waals surface area contributed by atoms with Crippen molar-refractivity contribution in [1.29, 1.82) is 0 Å². The van der Waals surface area contributed by atoms with Crippen molar-refractivity contribution in [1.82, 2.24) is 10.2 Å². The monoisotopic (exact) mass is 274 g/mol. The zero-order valence-electron chi connectivity index (χ0n) is 8.85. The van der Waals surface area contributed by atoms with Crippen molar-refractivity contribution in [3.05, 3.63) is 21.3 Å². The molecule has 0 bridgehead atoms. The van der Waals surface area contributed by atoms with E-state index in [0.29, 0.717) is 28.7 Å². The topological polar surface area (TPSA) is 69.6 Å². The third-order valence-electron chi connectivity index (χ3n) is 2.59. The van der Waals surface area contributed by atoms with Gasteiger partial charge in [-0.3, -0.25) is 4.79 Å². The Morgan fingerprint density at radius 1 is 1.53 bits per heavy atom. The lowest BCUT2D eigenvalue weighted by Gasteiger charge is -2.13. The molecule has 1 aromatic heterocycles. The van der Waals surface area contributed by atoms with E-state index < -0.39 is 6.09 Å². The number of carbonyl (C=O) groups excluding carboxylic acids is 1. The molecule has 0 aromatic carbocycles. The number of thiophene rings is 1. The fourth-order valence-corrected chi connectivity index (χ4v) is 2.69. The van der Waals surface area contributed by atoms with Crippen molar-refractivity contribution in [3.8, 4) is 0 Å². The molecule has 2 amide bonds. The second-order valence-corrected chi connectivity index (χ2v) is 5.51. The molecule has 1 atom stereocenters. The Morgan fingerprint density at radius 3 is 2.82 bits per heavy atom. The van der Waals surface area contributed by atoms with E-state index in [1.54, 1.807) is 12.1 Å². The first-order chi connectivity index (χ1) is 8.06. The average Bonchev–Trinajstić information content (AvgIpc) is 2.86. The highest BCUT2D eigenvalue weighted by Crippen LogP contribution is 2.21. The lowest BCUT2D eigenvalue weighted by molar-refractivity contribution is 0.0940. The first kappa shape index (κ1) is 12.2. The quantitative estimate of drug-likeness (QED) is 0.865. The standard InChI is InChI=1S/C10H11ClN2O3S/c11-8-2-1-7(17-8)9(14)12-6-3-4-13(5-6)10(15)16/h1-2,6H,3-5H2,(H,12,14)(H,15,16)/t6-/m1/s1. The highest BCUT2D eigenvalue weighted by molar-refractivity contribution is 7.17. The summed E-state index contributed by atoms with van der Waals surface area (Å²) in [5.41, 5.74) is 0. The van der Waals surface area contributed by atoms with E-state index in [1.165, 1.54) is 16.2 Å². The van der Waals surface area contributed by atoms with Crippen LogP contribution in [0, 0.1) is 0 Å². The van der Waals surface area contributed by atoms with Crippen LogP contribution in [0.4, 0.5) is 4.79 Å². The molecule has 2 rings (SSSR count). The summed E-state index contributed by atoms with van der Waals surface area (Å²) in [5, 5.41) is 11.6. The fraction of sp³-hybridized carbons (Fsp3) is 0.400. The van der Waals surface area contributed by atoms with Crippen molar-refractivity contribution >= 4 is 34.9 Å². The van der Waals surface area contributed by atoms with Gasteiger partial charge in [-0.25, -0.2) is 4.79 Å². The van der Waals surface area contributed by atoms with Crippen LogP contribution in [0.15, 0.2) is 12.1 Å². The number of hydrogen-bond acceptors (Lipinski definition) is 3. The summed E-state index contributed by atoms with van der Waals surface area (Å²) < 4.78 is 0.564. The number of hydrogen-bond donors (Lipinski definition) is 2. The van der Waals surface area contributed by atoms with E-state index in [0.717, 1.165) is 0 Å². The first-order valence-electron chi connectivity index (χ1n) is 5.10. The molecule has 1 aliphatic rings. The lowest BCUT2D eigenvalue weighted by Crippen LogP contribution is -2.37. The SMILES string of the molecule is O=C(N[C@@H]1CCN(C(=O)O)C1)c1ccc(Cl)s1. The van der Waals surface area contributed by atoms with Gasteiger partial charge in [0, 0.05) is 19.1 Å². The van der Waals surface area contributed by atoms with Gasteiger partial charge in [-0.2, -0.15) is 0 Å². The van der Waals surface area contributed by atoms with Gasteiger partial charge in [-0.15, -0.1) is 11.3 Å². The molecule has 17 heavy (non-hydrogen) atoms. The summed E-state index contributed by atoms with van der Waals surface area (Å²) in [6.45, 7) is 0.811. The van der Waals surface area contributed by atoms with Crippen LogP contribution in [-0.4, -0.2) is 41.1 Å². The maximum atomic E-state index is 11.8. The summed E-state index contributed by atoms with van der Waals surface area (Å²) in [5.74, 6) is -0.195. The number of rotatable bonds is 2. The van der Waals surface area contributed by atoms with Crippen molar-refractivity contribution in [3.63, 3.8) is 0 Å². The first-order valence-corrected chi connectivity index (χ1v) is 6.30. The number of likely N-dealkylation sites (tertiary alicyclic amines) is 1. The van der Waals surface area contributed by atoms with E-state index in [2.05, 4.69) is 5.32 Å². The van der Waals surface area contributed by atoms with Gasteiger partial charge in [-0.1, -0.05) is 11.6 Å². The van der Waals surface area contributed by atoms with Gasteiger partial charge in [0.05, 0.1) is 9.21 Å². The minimum absolute atomic E-state index is 0.112.